The normalized spacial score (nSPS) is 20.3. The summed E-state index contributed by atoms with van der Waals surface area (Å²) in [5.41, 5.74) is 3.87. The summed E-state index contributed by atoms with van der Waals surface area (Å²) in [5.74, 6) is 1.92. The summed E-state index contributed by atoms with van der Waals surface area (Å²) in [6.07, 6.45) is 7.32. The average Bonchev–Trinajstić information content (AvgIpc) is 3.59. The van der Waals surface area contributed by atoms with Gasteiger partial charge in [0.1, 0.15) is 11.9 Å². The lowest BCUT2D eigenvalue weighted by Gasteiger charge is -2.43. The number of amides is 2. The van der Waals surface area contributed by atoms with E-state index in [4.69, 9.17) is 4.98 Å². The Kier molecular flexibility index (Phi) is 7.38. The molecular weight excluding hydrogens is 464 g/mol. The lowest BCUT2D eigenvalue weighted by atomic mass is 10.1. The Hall–Kier alpha value is -3.13. The maximum Gasteiger partial charge on any atom is 0.251 e. The number of hydrogen-bond donors (Lipinski definition) is 2. The third-order valence-electron chi connectivity index (χ3n) is 8.35. The second kappa shape index (κ2) is 10.7. The summed E-state index contributed by atoms with van der Waals surface area (Å²) < 4.78 is 0. The zero-order valence-electron chi connectivity index (χ0n) is 22.6. The van der Waals surface area contributed by atoms with Crippen molar-refractivity contribution in [3.63, 3.8) is 0 Å². The number of fused-ring (bicyclic) bond motifs is 2. The quantitative estimate of drug-likeness (QED) is 0.566. The van der Waals surface area contributed by atoms with E-state index in [9.17, 15) is 9.59 Å². The van der Waals surface area contributed by atoms with E-state index in [1.807, 2.05) is 45.3 Å². The molecule has 1 aromatic carbocycles. The fourth-order valence-electron chi connectivity index (χ4n) is 6.15. The Balaban J connectivity index is 1.40. The predicted octanol–water partition coefficient (Wildman–Crippen LogP) is 4.01. The van der Waals surface area contributed by atoms with E-state index in [1.165, 1.54) is 18.4 Å². The van der Waals surface area contributed by atoms with Gasteiger partial charge in [0.25, 0.3) is 5.91 Å². The molecule has 0 radical (unpaired) electrons. The molecule has 0 saturated heterocycles. The second-order valence-electron chi connectivity index (χ2n) is 10.6. The summed E-state index contributed by atoms with van der Waals surface area (Å²) in [6, 6.07) is 10.4. The van der Waals surface area contributed by atoms with Crippen LogP contribution in [0.1, 0.15) is 68.3 Å². The number of aromatic nitrogens is 1. The molecule has 2 amide bonds. The summed E-state index contributed by atoms with van der Waals surface area (Å²) in [4.78, 5) is 37.4. The summed E-state index contributed by atoms with van der Waals surface area (Å²) in [6.45, 7) is 5.81. The summed E-state index contributed by atoms with van der Waals surface area (Å²) in [5, 5.41) is 6.35. The highest BCUT2D eigenvalue weighted by Gasteiger charge is 2.39. The minimum atomic E-state index is -0.213. The van der Waals surface area contributed by atoms with Crippen LogP contribution < -0.4 is 25.3 Å². The Morgan fingerprint density at radius 3 is 2.65 bits per heavy atom. The van der Waals surface area contributed by atoms with E-state index in [0.717, 1.165) is 68.2 Å². The van der Waals surface area contributed by atoms with Gasteiger partial charge in [0, 0.05) is 36.9 Å². The van der Waals surface area contributed by atoms with Gasteiger partial charge >= 0.3 is 0 Å². The van der Waals surface area contributed by atoms with Crippen LogP contribution in [0.2, 0.25) is 0 Å². The van der Waals surface area contributed by atoms with E-state index >= 15 is 0 Å². The van der Waals surface area contributed by atoms with Gasteiger partial charge in [-0.1, -0.05) is 19.8 Å². The molecule has 2 aliphatic heterocycles. The highest BCUT2D eigenvalue weighted by Crippen LogP contribution is 2.42. The molecule has 0 bridgehead atoms. The van der Waals surface area contributed by atoms with Gasteiger partial charge in [0.05, 0.1) is 5.69 Å². The number of carbonyl (C=O) groups is 2. The van der Waals surface area contributed by atoms with Crippen molar-refractivity contribution in [2.75, 3.05) is 41.9 Å². The maximum absolute atomic E-state index is 13.0. The fourth-order valence-corrected chi connectivity index (χ4v) is 6.15. The minimum Gasteiger partial charge on any atom is -0.349 e. The fraction of sp³-hybridized carbons (Fsp3) is 0.552. The van der Waals surface area contributed by atoms with E-state index in [2.05, 4.69) is 33.4 Å². The first-order valence-electron chi connectivity index (χ1n) is 13.9. The minimum absolute atomic E-state index is 0.00925. The van der Waals surface area contributed by atoms with Crippen molar-refractivity contribution in [1.29, 1.82) is 0 Å². The van der Waals surface area contributed by atoms with Crippen LogP contribution in [0.5, 0.6) is 0 Å². The highest BCUT2D eigenvalue weighted by molar-refractivity contribution is 6.04. The molecule has 5 rings (SSSR count). The van der Waals surface area contributed by atoms with Gasteiger partial charge < -0.3 is 25.3 Å². The van der Waals surface area contributed by atoms with Crippen molar-refractivity contribution in [2.24, 2.45) is 0 Å². The number of anilines is 4. The zero-order chi connectivity index (χ0) is 26.1. The first kappa shape index (κ1) is 25.5. The molecule has 1 saturated carbocycles. The van der Waals surface area contributed by atoms with Crippen LogP contribution in [0.15, 0.2) is 30.3 Å². The Morgan fingerprint density at radius 2 is 1.92 bits per heavy atom. The van der Waals surface area contributed by atoms with Gasteiger partial charge in [-0.25, -0.2) is 4.98 Å². The SMILES string of the molecule is CCC(CCNC)NC(=O)c1ccc2c(c1)CCN2c1ccc2c(n1)N(C1CCCC1)C(C)C(=O)N2C. The molecule has 3 aliphatic rings. The molecule has 0 spiro atoms. The molecule has 198 valence electrons. The zero-order valence-corrected chi connectivity index (χ0v) is 22.6. The number of nitrogens with zero attached hydrogens (tertiary/aromatic N) is 4. The van der Waals surface area contributed by atoms with Crippen LogP contribution in [-0.2, 0) is 11.2 Å². The number of rotatable bonds is 8. The molecule has 1 fully saturated rings. The Morgan fingerprint density at radius 1 is 1.16 bits per heavy atom. The third kappa shape index (κ3) is 4.79. The largest absolute Gasteiger partial charge is 0.349 e. The molecule has 37 heavy (non-hydrogen) atoms. The number of likely N-dealkylation sites (N-methyl/N-ethyl adjacent to an activating group) is 1. The van der Waals surface area contributed by atoms with Crippen molar-refractivity contribution in [2.45, 2.75) is 76.9 Å². The Labute approximate surface area is 220 Å². The Bertz CT molecular complexity index is 1160. The molecule has 3 heterocycles. The van der Waals surface area contributed by atoms with Gasteiger partial charge in [0.2, 0.25) is 5.91 Å². The summed E-state index contributed by atoms with van der Waals surface area (Å²) in [7, 11) is 3.79. The number of hydrogen-bond acceptors (Lipinski definition) is 6. The van der Waals surface area contributed by atoms with Gasteiger partial charge in [-0.15, -0.1) is 0 Å². The van der Waals surface area contributed by atoms with E-state index in [-0.39, 0.29) is 23.9 Å². The average molecular weight is 505 g/mol. The molecular formula is C29H40N6O2. The summed E-state index contributed by atoms with van der Waals surface area (Å²) >= 11 is 0. The molecule has 2 atom stereocenters. The monoisotopic (exact) mass is 504 g/mol. The number of benzene rings is 1. The number of carbonyl (C=O) groups excluding carboxylic acids is 2. The van der Waals surface area contributed by atoms with Crippen LogP contribution in [0, 0.1) is 0 Å². The van der Waals surface area contributed by atoms with Gasteiger partial charge in [0.15, 0.2) is 5.82 Å². The number of nitrogens with one attached hydrogen (secondary N) is 2. The molecule has 1 aliphatic carbocycles. The van der Waals surface area contributed by atoms with Crippen LogP contribution in [0.4, 0.5) is 23.0 Å². The van der Waals surface area contributed by atoms with E-state index in [0.29, 0.717) is 11.6 Å². The van der Waals surface area contributed by atoms with Crippen LogP contribution in [0.25, 0.3) is 0 Å². The van der Waals surface area contributed by atoms with Crippen molar-refractivity contribution in [1.82, 2.24) is 15.6 Å². The smallest absolute Gasteiger partial charge is 0.251 e. The molecule has 1 aromatic heterocycles. The first-order chi connectivity index (χ1) is 17.9. The molecule has 2 N–H and O–H groups in total. The van der Waals surface area contributed by atoms with Gasteiger partial charge in [-0.3, -0.25) is 9.59 Å². The molecule has 2 aromatic rings. The highest BCUT2D eigenvalue weighted by atomic mass is 16.2. The van der Waals surface area contributed by atoms with Crippen LogP contribution >= 0.6 is 0 Å². The van der Waals surface area contributed by atoms with Crippen molar-refractivity contribution in [3.05, 3.63) is 41.5 Å². The van der Waals surface area contributed by atoms with Crippen LogP contribution in [-0.4, -0.2) is 62.1 Å². The van der Waals surface area contributed by atoms with Gasteiger partial charge in [-0.2, -0.15) is 0 Å². The molecule has 8 nitrogen and oxygen atoms in total. The first-order valence-corrected chi connectivity index (χ1v) is 13.9. The molecule has 2 unspecified atom stereocenters. The lowest BCUT2D eigenvalue weighted by Crippen LogP contribution is -2.54. The van der Waals surface area contributed by atoms with Crippen molar-refractivity contribution < 1.29 is 9.59 Å². The standard InChI is InChI=1S/C29H40N6O2/c1-5-22(14-16-30-3)31-28(36)21-10-11-24-20(18-21)15-17-34(24)26-13-12-25-27(32-26)35(23-8-6-7-9-23)19(2)29(37)33(25)4/h10-13,18-19,22-23,30H,5-9,14-17H2,1-4H3,(H,31,36). The van der Waals surface area contributed by atoms with E-state index < -0.39 is 0 Å². The van der Waals surface area contributed by atoms with Gasteiger partial charge in [-0.05, 0) is 88.5 Å². The second-order valence-corrected chi connectivity index (χ2v) is 10.6. The molecule has 8 heteroatoms. The topological polar surface area (TPSA) is 80.8 Å². The van der Waals surface area contributed by atoms with Crippen LogP contribution in [0.3, 0.4) is 0 Å². The predicted molar refractivity (Wildman–Crippen MR) is 149 cm³/mol. The maximum atomic E-state index is 13.0. The van der Waals surface area contributed by atoms with E-state index in [1.54, 1.807) is 4.90 Å². The van der Waals surface area contributed by atoms with Crippen molar-refractivity contribution in [3.8, 4) is 0 Å². The number of pyridine rings is 1. The third-order valence-corrected chi connectivity index (χ3v) is 8.35. The lowest BCUT2D eigenvalue weighted by molar-refractivity contribution is -0.119. The van der Waals surface area contributed by atoms with Crippen molar-refractivity contribution >= 4 is 34.8 Å².